The molecule has 2 aromatic carbocycles. The molecule has 3 aromatic rings. The molecule has 1 atom stereocenters. The van der Waals surface area contributed by atoms with E-state index in [4.69, 9.17) is 0 Å². The van der Waals surface area contributed by atoms with E-state index in [9.17, 15) is 14.3 Å². The highest BCUT2D eigenvalue weighted by Crippen LogP contribution is 2.30. The van der Waals surface area contributed by atoms with Gasteiger partial charge in [-0.05, 0) is 66.4 Å². The molecule has 25 heavy (non-hydrogen) atoms. The molecule has 3 N–H and O–H groups in total. The standard InChI is InChI=1S/C20H21FN2O2/c1-3-18(24)20(25)22-11-13-4-9-17-16(10-13)12(2)19(23-17)14-5-7-15(21)8-6-14/h4-10,18,23-24H,3,11H2,1-2H3,(H,22,25)/t18-/m1/s1. The Morgan fingerprint density at radius 1 is 1.24 bits per heavy atom. The van der Waals surface area contributed by atoms with Crippen molar-refractivity contribution in [1.29, 1.82) is 0 Å². The lowest BCUT2D eigenvalue weighted by Crippen LogP contribution is -2.33. The first-order valence-electron chi connectivity index (χ1n) is 8.32. The van der Waals surface area contributed by atoms with Gasteiger partial charge < -0.3 is 15.4 Å². The first kappa shape index (κ1) is 17.2. The van der Waals surface area contributed by atoms with Crippen molar-refractivity contribution >= 4 is 16.8 Å². The van der Waals surface area contributed by atoms with Gasteiger partial charge in [0.05, 0.1) is 0 Å². The minimum absolute atomic E-state index is 0.259. The van der Waals surface area contributed by atoms with E-state index in [1.807, 2.05) is 25.1 Å². The molecule has 0 aliphatic carbocycles. The summed E-state index contributed by atoms with van der Waals surface area (Å²) in [7, 11) is 0. The van der Waals surface area contributed by atoms with Crippen LogP contribution in [0.3, 0.4) is 0 Å². The molecular formula is C20H21FN2O2. The first-order chi connectivity index (χ1) is 12.0. The Kier molecular flexibility index (Phi) is 4.86. The average Bonchev–Trinajstić information content (AvgIpc) is 2.96. The summed E-state index contributed by atoms with van der Waals surface area (Å²) in [4.78, 5) is 15.1. The molecular weight excluding hydrogens is 319 g/mol. The number of aliphatic hydroxyl groups is 1. The van der Waals surface area contributed by atoms with Gasteiger partial charge in [-0.2, -0.15) is 0 Å². The third-order valence-electron chi connectivity index (χ3n) is 4.41. The van der Waals surface area contributed by atoms with Gasteiger partial charge in [-0.25, -0.2) is 4.39 Å². The van der Waals surface area contributed by atoms with Gasteiger partial charge in [-0.1, -0.05) is 13.0 Å². The number of aromatic amines is 1. The van der Waals surface area contributed by atoms with Crippen LogP contribution in [0, 0.1) is 12.7 Å². The summed E-state index contributed by atoms with van der Waals surface area (Å²) >= 11 is 0. The number of fused-ring (bicyclic) bond motifs is 1. The molecule has 0 aliphatic heterocycles. The van der Waals surface area contributed by atoms with Crippen molar-refractivity contribution in [3.63, 3.8) is 0 Å². The van der Waals surface area contributed by atoms with Crippen LogP contribution in [0.25, 0.3) is 22.2 Å². The molecule has 0 radical (unpaired) electrons. The molecule has 0 bridgehead atoms. The van der Waals surface area contributed by atoms with E-state index in [-0.39, 0.29) is 11.7 Å². The Bertz CT molecular complexity index is 900. The lowest BCUT2D eigenvalue weighted by molar-refractivity contribution is -0.129. The maximum absolute atomic E-state index is 13.1. The molecule has 0 aliphatic rings. The van der Waals surface area contributed by atoms with E-state index >= 15 is 0 Å². The van der Waals surface area contributed by atoms with Crippen molar-refractivity contribution in [2.24, 2.45) is 0 Å². The molecule has 0 saturated carbocycles. The summed E-state index contributed by atoms with van der Waals surface area (Å²) in [5.41, 5.74) is 4.90. The van der Waals surface area contributed by atoms with Gasteiger partial charge in [0, 0.05) is 23.1 Å². The minimum atomic E-state index is -0.970. The minimum Gasteiger partial charge on any atom is -0.383 e. The van der Waals surface area contributed by atoms with Crippen LogP contribution in [0.4, 0.5) is 4.39 Å². The topological polar surface area (TPSA) is 65.1 Å². The Balaban J connectivity index is 1.87. The summed E-state index contributed by atoms with van der Waals surface area (Å²) in [6, 6.07) is 12.3. The van der Waals surface area contributed by atoms with Gasteiger partial charge >= 0.3 is 0 Å². The van der Waals surface area contributed by atoms with Crippen LogP contribution in [-0.2, 0) is 11.3 Å². The Morgan fingerprint density at radius 3 is 2.64 bits per heavy atom. The third kappa shape index (κ3) is 3.56. The number of amides is 1. The van der Waals surface area contributed by atoms with Crippen LogP contribution in [0.15, 0.2) is 42.5 Å². The molecule has 0 unspecified atom stereocenters. The Labute approximate surface area is 145 Å². The van der Waals surface area contributed by atoms with Crippen molar-refractivity contribution in [3.05, 3.63) is 59.4 Å². The largest absolute Gasteiger partial charge is 0.383 e. The number of rotatable bonds is 5. The Morgan fingerprint density at radius 2 is 1.96 bits per heavy atom. The highest BCUT2D eigenvalue weighted by atomic mass is 19.1. The number of carbonyl (C=O) groups excluding carboxylic acids is 1. The highest BCUT2D eigenvalue weighted by Gasteiger charge is 2.13. The number of hydrogen-bond donors (Lipinski definition) is 3. The van der Waals surface area contributed by atoms with Crippen LogP contribution >= 0.6 is 0 Å². The zero-order valence-electron chi connectivity index (χ0n) is 14.3. The van der Waals surface area contributed by atoms with Crippen molar-refractivity contribution < 1.29 is 14.3 Å². The van der Waals surface area contributed by atoms with Gasteiger partial charge in [-0.15, -0.1) is 0 Å². The number of carbonyl (C=O) groups is 1. The number of aliphatic hydroxyl groups excluding tert-OH is 1. The molecule has 1 heterocycles. The molecule has 1 amide bonds. The van der Waals surface area contributed by atoms with Gasteiger partial charge in [0.2, 0.25) is 5.91 Å². The van der Waals surface area contributed by atoms with E-state index in [0.29, 0.717) is 13.0 Å². The van der Waals surface area contributed by atoms with Gasteiger partial charge in [-0.3, -0.25) is 4.79 Å². The van der Waals surface area contributed by atoms with E-state index in [2.05, 4.69) is 10.3 Å². The van der Waals surface area contributed by atoms with Gasteiger partial charge in [0.15, 0.2) is 0 Å². The molecule has 0 saturated heterocycles. The van der Waals surface area contributed by atoms with Crippen molar-refractivity contribution in [1.82, 2.24) is 10.3 Å². The fourth-order valence-electron chi connectivity index (χ4n) is 2.88. The molecule has 4 nitrogen and oxygen atoms in total. The zero-order valence-corrected chi connectivity index (χ0v) is 14.3. The second-order valence-corrected chi connectivity index (χ2v) is 6.15. The van der Waals surface area contributed by atoms with E-state index in [0.717, 1.165) is 33.3 Å². The third-order valence-corrected chi connectivity index (χ3v) is 4.41. The normalized spacial score (nSPS) is 12.3. The van der Waals surface area contributed by atoms with Crippen LogP contribution in [0.1, 0.15) is 24.5 Å². The average molecular weight is 340 g/mol. The summed E-state index contributed by atoms with van der Waals surface area (Å²) in [6.07, 6.45) is -0.578. The summed E-state index contributed by atoms with van der Waals surface area (Å²) in [6.45, 7) is 4.14. The lowest BCUT2D eigenvalue weighted by Gasteiger charge is -2.09. The predicted octanol–water partition coefficient (Wildman–Crippen LogP) is 3.67. The van der Waals surface area contributed by atoms with Crippen molar-refractivity contribution in [3.8, 4) is 11.3 Å². The molecule has 0 fully saturated rings. The number of H-pyrrole nitrogens is 1. The SMILES string of the molecule is CC[C@@H](O)C(=O)NCc1ccc2[nH]c(-c3ccc(F)cc3)c(C)c2c1. The number of nitrogens with one attached hydrogen (secondary N) is 2. The number of benzene rings is 2. The number of hydrogen-bond acceptors (Lipinski definition) is 2. The van der Waals surface area contributed by atoms with Crippen molar-refractivity contribution in [2.45, 2.75) is 32.9 Å². The van der Waals surface area contributed by atoms with Crippen molar-refractivity contribution in [2.75, 3.05) is 0 Å². The highest BCUT2D eigenvalue weighted by molar-refractivity contribution is 5.91. The molecule has 130 valence electrons. The lowest BCUT2D eigenvalue weighted by atomic mass is 10.0. The van der Waals surface area contributed by atoms with E-state index in [1.165, 1.54) is 12.1 Å². The second-order valence-electron chi connectivity index (χ2n) is 6.15. The Hall–Kier alpha value is -2.66. The smallest absolute Gasteiger partial charge is 0.249 e. The monoisotopic (exact) mass is 340 g/mol. The summed E-state index contributed by atoms with van der Waals surface area (Å²) in [5, 5.41) is 13.3. The van der Waals surface area contributed by atoms with Gasteiger partial charge in [0.1, 0.15) is 11.9 Å². The zero-order chi connectivity index (χ0) is 18.0. The summed E-state index contributed by atoms with van der Waals surface area (Å²) in [5.74, 6) is -0.620. The fourth-order valence-corrected chi connectivity index (χ4v) is 2.88. The molecule has 5 heteroatoms. The van der Waals surface area contributed by atoms with Crippen LogP contribution in [0.2, 0.25) is 0 Å². The molecule has 0 spiro atoms. The fraction of sp³-hybridized carbons (Fsp3) is 0.250. The maximum Gasteiger partial charge on any atom is 0.249 e. The molecule has 1 aromatic heterocycles. The van der Waals surface area contributed by atoms with E-state index in [1.54, 1.807) is 19.1 Å². The van der Waals surface area contributed by atoms with Crippen LogP contribution < -0.4 is 5.32 Å². The second kappa shape index (κ2) is 7.07. The quantitative estimate of drug-likeness (QED) is 0.663. The van der Waals surface area contributed by atoms with E-state index < -0.39 is 6.10 Å². The first-order valence-corrected chi connectivity index (χ1v) is 8.32. The summed E-state index contributed by atoms with van der Waals surface area (Å²) < 4.78 is 13.1. The number of halogens is 1. The predicted molar refractivity (Wildman–Crippen MR) is 96.6 cm³/mol. The number of aryl methyl sites for hydroxylation is 1. The number of aromatic nitrogens is 1. The van der Waals surface area contributed by atoms with Gasteiger partial charge in [0.25, 0.3) is 0 Å². The van der Waals surface area contributed by atoms with Crippen LogP contribution in [-0.4, -0.2) is 22.1 Å². The maximum atomic E-state index is 13.1. The van der Waals surface area contributed by atoms with Crippen LogP contribution in [0.5, 0.6) is 0 Å². The molecule has 3 rings (SSSR count).